The molecule has 4 aliphatic rings. The molecule has 4 saturated carbocycles. The van der Waals surface area contributed by atoms with Gasteiger partial charge in [0.05, 0.1) is 8.66 Å². The van der Waals surface area contributed by atoms with Crippen molar-refractivity contribution in [3.8, 4) is 0 Å². The van der Waals surface area contributed by atoms with Crippen molar-refractivity contribution in [3.63, 3.8) is 0 Å². The number of hydrogen-bond acceptors (Lipinski definition) is 7. The van der Waals surface area contributed by atoms with Crippen LogP contribution in [0, 0.1) is 23.7 Å². The monoisotopic (exact) mass is 751 g/mol. The number of hydrogen-bond donors (Lipinski definition) is 4. The van der Waals surface area contributed by atoms with Crippen LogP contribution in [0.15, 0.2) is 37.4 Å². The quantitative estimate of drug-likeness (QED) is 0.243. The van der Waals surface area contributed by atoms with E-state index in [4.69, 9.17) is 0 Å². The summed E-state index contributed by atoms with van der Waals surface area (Å²) in [5.74, 6) is -0.471. The fourth-order valence-corrected chi connectivity index (χ4v) is 9.07. The summed E-state index contributed by atoms with van der Waals surface area (Å²) < 4.78 is 2.60. The number of amides is 4. The molecule has 14 heteroatoms. The number of rotatable bonds is 12. The zero-order valence-electron chi connectivity index (χ0n) is 24.2. The summed E-state index contributed by atoms with van der Waals surface area (Å²) in [5, 5.41) is 10.8. The number of nitrogens with one attached hydrogen (secondary N) is 4. The number of Topliss-reactive ketones (excluding diaryl/α,β-unsaturated/α-hetero) is 1. The van der Waals surface area contributed by atoms with Gasteiger partial charge in [0.15, 0.2) is 0 Å². The molecule has 0 spiro atoms. The molecule has 2 aromatic heterocycles. The Balaban J connectivity index is 1.25. The van der Waals surface area contributed by atoms with Crippen molar-refractivity contribution in [1.82, 2.24) is 20.5 Å². The highest BCUT2D eigenvalue weighted by Crippen LogP contribution is 2.53. The van der Waals surface area contributed by atoms with Crippen molar-refractivity contribution in [1.29, 1.82) is 0 Å². The number of carbonyl (C=O) groups excluding carboxylic acids is 5. The van der Waals surface area contributed by atoms with E-state index in [1.807, 2.05) is 0 Å². The topological polar surface area (TPSA) is 155 Å². The molecule has 0 unspecified atom stereocenters. The number of anilines is 1. The Kier molecular flexibility index (Phi) is 10.4. The predicted octanol–water partition coefficient (Wildman–Crippen LogP) is 3.60. The van der Waals surface area contributed by atoms with E-state index in [1.54, 1.807) is 19.1 Å². The number of thiophene rings is 1. The van der Waals surface area contributed by atoms with E-state index in [9.17, 15) is 28.8 Å². The lowest BCUT2D eigenvalue weighted by Crippen LogP contribution is -2.56. The van der Waals surface area contributed by atoms with Crippen LogP contribution in [0.25, 0.3) is 0 Å². The third kappa shape index (κ3) is 7.51. The van der Waals surface area contributed by atoms with Crippen LogP contribution in [-0.2, 0) is 25.7 Å². The van der Waals surface area contributed by atoms with E-state index in [-0.39, 0.29) is 43.6 Å². The second-order valence-corrected chi connectivity index (χ2v) is 15.2. The lowest BCUT2D eigenvalue weighted by atomic mass is 9.54. The molecular weight excluding hydrogens is 718 g/mol. The second-order valence-electron chi connectivity index (χ2n) is 11.9. The Hall–Kier alpha value is -2.84. The zero-order chi connectivity index (χ0) is 31.5. The average molecular weight is 754 g/mol. The van der Waals surface area contributed by atoms with Crippen LogP contribution >= 0.6 is 43.2 Å². The molecule has 4 bridgehead atoms. The van der Waals surface area contributed by atoms with E-state index in [2.05, 4.69) is 53.1 Å². The van der Waals surface area contributed by atoms with Gasteiger partial charge < -0.3 is 25.8 Å². The fraction of sp³-hybridized carbons (Fsp3) is 0.533. The van der Waals surface area contributed by atoms with Crippen LogP contribution in [0.2, 0.25) is 0 Å². The summed E-state index contributed by atoms with van der Waals surface area (Å²) in [4.78, 5) is 77.2. The molecule has 0 aliphatic heterocycles. The first kappa shape index (κ1) is 32.6. The second kappa shape index (κ2) is 14.1. The summed E-state index contributed by atoms with van der Waals surface area (Å²) in [7, 11) is 0. The van der Waals surface area contributed by atoms with Crippen molar-refractivity contribution in [2.24, 2.45) is 23.7 Å². The van der Waals surface area contributed by atoms with Crippen LogP contribution in [0.4, 0.5) is 5.69 Å². The van der Waals surface area contributed by atoms with Crippen LogP contribution in [0.5, 0.6) is 0 Å². The molecule has 236 valence electrons. The van der Waals surface area contributed by atoms with Crippen molar-refractivity contribution < 1.29 is 24.0 Å². The summed E-state index contributed by atoms with van der Waals surface area (Å²) in [6.07, 6.45) is 6.98. The van der Waals surface area contributed by atoms with E-state index in [1.165, 1.54) is 23.3 Å². The highest BCUT2D eigenvalue weighted by molar-refractivity contribution is 9.13. The molecule has 1 atom stereocenters. The summed E-state index contributed by atoms with van der Waals surface area (Å²) in [6, 6.07) is 3.47. The molecule has 44 heavy (non-hydrogen) atoms. The van der Waals surface area contributed by atoms with Gasteiger partial charge in [-0.1, -0.05) is 0 Å². The molecule has 4 fully saturated rings. The molecule has 2 aromatic rings. The summed E-state index contributed by atoms with van der Waals surface area (Å²) >= 11 is 7.82. The smallest absolute Gasteiger partial charge is 0.287 e. The Morgan fingerprint density at radius 2 is 1.73 bits per heavy atom. The summed E-state index contributed by atoms with van der Waals surface area (Å²) in [5.41, 5.74) is -0.647. The number of carbonyl (C=O) groups is 5. The average Bonchev–Trinajstić information content (AvgIpc) is 3.32. The Morgan fingerprint density at radius 1 is 1.05 bits per heavy atom. The van der Waals surface area contributed by atoms with Gasteiger partial charge >= 0.3 is 0 Å². The minimum atomic E-state index is -1.23. The van der Waals surface area contributed by atoms with Gasteiger partial charge in [-0.3, -0.25) is 28.8 Å². The third-order valence-corrected chi connectivity index (χ3v) is 12.1. The lowest BCUT2D eigenvalue weighted by Gasteiger charge is -2.54. The molecule has 0 radical (unpaired) electrons. The molecule has 0 saturated heterocycles. The first-order valence-electron chi connectivity index (χ1n) is 14.9. The maximum atomic E-state index is 13.4. The van der Waals surface area contributed by atoms with Crippen molar-refractivity contribution in [3.05, 3.63) is 47.9 Å². The van der Waals surface area contributed by atoms with Gasteiger partial charge in [0, 0.05) is 29.7 Å². The summed E-state index contributed by atoms with van der Waals surface area (Å²) in [6.45, 7) is 1.77. The number of ketones is 1. The molecule has 11 nitrogen and oxygen atoms in total. The van der Waals surface area contributed by atoms with Crippen molar-refractivity contribution in [2.45, 2.75) is 70.5 Å². The van der Waals surface area contributed by atoms with E-state index < -0.39 is 35.1 Å². The largest absolute Gasteiger partial charge is 0.351 e. The number of likely N-dealkylation sites (N-methyl/N-ethyl adjacent to an activating group) is 1. The highest BCUT2D eigenvalue weighted by atomic mass is 79.9. The minimum absolute atomic E-state index is 0.0733. The number of halogens is 2. The molecule has 4 amide bonds. The van der Waals surface area contributed by atoms with Crippen molar-refractivity contribution >= 4 is 78.3 Å². The Labute approximate surface area is 275 Å². The first-order chi connectivity index (χ1) is 21.0. The van der Waals surface area contributed by atoms with Crippen LogP contribution < -0.4 is 26.8 Å². The molecule has 4 N–H and O–H groups in total. The van der Waals surface area contributed by atoms with Gasteiger partial charge in [0.2, 0.25) is 17.6 Å². The number of aromatic nitrogens is 1. The Bertz CT molecular complexity index is 1480. The molecule has 0 aromatic carbocycles. The molecule has 4 aliphatic carbocycles. The predicted molar refractivity (Wildman–Crippen MR) is 172 cm³/mol. The SMILES string of the molecule is CCNC(=O)C(=O)CC[C@H](NC(=O)c1cc(Br)c(Br)s1)C(=O)Nc1cccn(CC(=O)NC2C3CC4CC(C3)CC2C4)c1=O. The van der Waals surface area contributed by atoms with E-state index in [0.29, 0.717) is 25.0 Å². The normalized spacial score (nSPS) is 23.9. The van der Waals surface area contributed by atoms with Crippen molar-refractivity contribution in [2.75, 3.05) is 11.9 Å². The minimum Gasteiger partial charge on any atom is -0.351 e. The number of pyridine rings is 1. The van der Waals surface area contributed by atoms with Gasteiger partial charge in [-0.05, 0) is 119 Å². The van der Waals surface area contributed by atoms with Crippen LogP contribution in [0.1, 0.15) is 61.5 Å². The van der Waals surface area contributed by atoms with Gasteiger partial charge in [-0.15, -0.1) is 11.3 Å². The lowest BCUT2D eigenvalue weighted by molar-refractivity contribution is -0.138. The fourth-order valence-electron chi connectivity index (χ4n) is 7.13. The molecule has 6 rings (SSSR count). The third-order valence-electron chi connectivity index (χ3n) is 8.89. The van der Waals surface area contributed by atoms with Gasteiger partial charge in [-0.25, -0.2) is 0 Å². The van der Waals surface area contributed by atoms with Crippen LogP contribution in [-0.4, -0.2) is 52.6 Å². The maximum Gasteiger partial charge on any atom is 0.287 e. The van der Waals surface area contributed by atoms with Crippen LogP contribution in [0.3, 0.4) is 0 Å². The Morgan fingerprint density at radius 3 is 2.34 bits per heavy atom. The van der Waals surface area contributed by atoms with Gasteiger partial charge in [0.25, 0.3) is 17.4 Å². The number of nitrogens with zero attached hydrogens (tertiary/aromatic N) is 1. The first-order valence-corrected chi connectivity index (χ1v) is 17.3. The van der Waals surface area contributed by atoms with E-state index >= 15 is 0 Å². The van der Waals surface area contributed by atoms with Gasteiger partial charge in [-0.2, -0.15) is 0 Å². The molecular formula is C30H35Br2N5O6S. The standard InChI is InChI=1S/C30H35Br2N5O6S/c1-2-33-28(41)22(38)6-5-20(34-29(42)23-13-19(31)26(32)44-23)27(40)35-21-4-3-7-37(30(21)43)14-24(39)36-25-17-9-15-8-16(11-17)12-18(25)10-15/h3-4,7,13,15-18,20,25H,2,5-6,8-12,14H2,1H3,(H,33,41)(H,34,42)(H,35,40)(H,36,39)/t15?,16?,17?,18?,20-,25?/m0/s1. The van der Waals surface area contributed by atoms with Gasteiger partial charge in [0.1, 0.15) is 18.3 Å². The highest BCUT2D eigenvalue weighted by Gasteiger charge is 2.48. The zero-order valence-corrected chi connectivity index (χ0v) is 28.2. The van der Waals surface area contributed by atoms with E-state index in [0.717, 1.165) is 48.9 Å². The maximum absolute atomic E-state index is 13.4. The molecule has 2 heterocycles.